The Kier molecular flexibility index (Phi) is 3.58. The summed E-state index contributed by atoms with van der Waals surface area (Å²) in [7, 11) is 0. The van der Waals surface area contributed by atoms with Crippen molar-refractivity contribution in [2.24, 2.45) is 0 Å². The van der Waals surface area contributed by atoms with Gasteiger partial charge in [-0.25, -0.2) is 0 Å². The third-order valence-electron chi connectivity index (χ3n) is 4.10. The minimum absolute atomic E-state index is 1.04. The molecule has 102 valence electrons. The highest BCUT2D eigenvalue weighted by atomic mass is 15.2. The Morgan fingerprint density at radius 2 is 2.00 bits per heavy atom. The second kappa shape index (κ2) is 5.35. The fourth-order valence-corrected chi connectivity index (χ4v) is 3.01. The molecule has 1 aromatic heterocycles. The predicted molar refractivity (Wildman–Crippen MR) is 80.5 cm³/mol. The maximum Gasteiger partial charge on any atom is 0.0483 e. The van der Waals surface area contributed by atoms with Crippen molar-refractivity contribution < 1.29 is 0 Å². The average Bonchev–Trinajstić information content (AvgIpc) is 2.76. The Bertz CT molecular complexity index is 565. The zero-order valence-electron chi connectivity index (χ0n) is 11.9. The van der Waals surface area contributed by atoms with Crippen molar-refractivity contribution in [1.82, 2.24) is 14.8 Å². The number of hydrogen-bond donors (Lipinski definition) is 1. The van der Waals surface area contributed by atoms with Gasteiger partial charge in [-0.1, -0.05) is 6.07 Å². The molecule has 19 heavy (non-hydrogen) atoms. The number of aryl methyl sites for hydroxylation is 2. The molecule has 0 saturated carbocycles. The van der Waals surface area contributed by atoms with Gasteiger partial charge in [0.15, 0.2) is 0 Å². The molecular weight excluding hydrogens is 234 g/mol. The van der Waals surface area contributed by atoms with E-state index in [2.05, 4.69) is 53.0 Å². The zero-order chi connectivity index (χ0) is 13.2. The molecule has 3 rings (SSSR count). The first-order valence-corrected chi connectivity index (χ1v) is 7.29. The molecule has 0 atom stereocenters. The summed E-state index contributed by atoms with van der Waals surface area (Å²) in [5, 5.41) is 4.82. The molecule has 3 nitrogen and oxygen atoms in total. The van der Waals surface area contributed by atoms with Crippen molar-refractivity contribution in [3.63, 3.8) is 0 Å². The van der Waals surface area contributed by atoms with E-state index >= 15 is 0 Å². The highest BCUT2D eigenvalue weighted by molar-refractivity contribution is 5.84. The van der Waals surface area contributed by atoms with Crippen LogP contribution in [0, 0.1) is 6.92 Å². The van der Waals surface area contributed by atoms with Crippen LogP contribution in [0.4, 0.5) is 0 Å². The standard InChI is InChI=1S/C16H23N3/c1-3-19-11-13(2)15-10-14(4-5-16(15)19)12-18-8-6-17-7-9-18/h4-5,10-11,17H,3,6-9,12H2,1-2H3. The minimum Gasteiger partial charge on any atom is -0.347 e. The van der Waals surface area contributed by atoms with Gasteiger partial charge < -0.3 is 9.88 Å². The van der Waals surface area contributed by atoms with Gasteiger partial charge in [0, 0.05) is 56.4 Å². The third-order valence-corrected chi connectivity index (χ3v) is 4.10. The molecule has 3 heteroatoms. The fourth-order valence-electron chi connectivity index (χ4n) is 3.01. The Labute approximate surface area is 115 Å². The van der Waals surface area contributed by atoms with E-state index in [1.165, 1.54) is 22.0 Å². The van der Waals surface area contributed by atoms with Gasteiger partial charge in [-0.05, 0) is 37.1 Å². The highest BCUT2D eigenvalue weighted by Gasteiger charge is 2.11. The SMILES string of the molecule is CCn1cc(C)c2cc(CN3CCNCC3)ccc21. The molecule has 0 unspecified atom stereocenters. The monoisotopic (exact) mass is 257 g/mol. The lowest BCUT2D eigenvalue weighted by Crippen LogP contribution is -2.42. The number of piperazine rings is 1. The fraction of sp³-hybridized carbons (Fsp3) is 0.500. The molecule has 0 spiro atoms. The number of aromatic nitrogens is 1. The molecule has 1 aliphatic rings. The Morgan fingerprint density at radius 1 is 1.21 bits per heavy atom. The van der Waals surface area contributed by atoms with Gasteiger partial charge in [0.25, 0.3) is 0 Å². The van der Waals surface area contributed by atoms with Crippen molar-refractivity contribution in [3.05, 3.63) is 35.5 Å². The second-order valence-corrected chi connectivity index (χ2v) is 5.48. The lowest BCUT2D eigenvalue weighted by Gasteiger charge is -2.27. The van der Waals surface area contributed by atoms with Crippen molar-refractivity contribution in [2.75, 3.05) is 26.2 Å². The number of fused-ring (bicyclic) bond motifs is 1. The van der Waals surface area contributed by atoms with Crippen molar-refractivity contribution in [2.45, 2.75) is 26.9 Å². The topological polar surface area (TPSA) is 20.2 Å². The molecule has 0 aliphatic carbocycles. The van der Waals surface area contributed by atoms with Gasteiger partial charge in [0.1, 0.15) is 0 Å². The average molecular weight is 257 g/mol. The molecule has 1 N–H and O–H groups in total. The third kappa shape index (κ3) is 2.53. The summed E-state index contributed by atoms with van der Waals surface area (Å²) in [6.45, 7) is 11.1. The molecular formula is C16H23N3. The van der Waals surface area contributed by atoms with E-state index in [1.54, 1.807) is 0 Å². The van der Waals surface area contributed by atoms with Gasteiger partial charge in [0.05, 0.1) is 0 Å². The maximum absolute atomic E-state index is 3.41. The van der Waals surface area contributed by atoms with Crippen LogP contribution >= 0.6 is 0 Å². The van der Waals surface area contributed by atoms with E-state index in [1.807, 2.05) is 0 Å². The maximum atomic E-state index is 3.41. The Morgan fingerprint density at radius 3 is 2.74 bits per heavy atom. The van der Waals surface area contributed by atoms with Crippen molar-refractivity contribution in [1.29, 1.82) is 0 Å². The Balaban J connectivity index is 1.86. The van der Waals surface area contributed by atoms with Crippen LogP contribution in [0.5, 0.6) is 0 Å². The first kappa shape index (κ1) is 12.7. The summed E-state index contributed by atoms with van der Waals surface area (Å²) in [5.41, 5.74) is 4.19. The van der Waals surface area contributed by atoms with Crippen LogP contribution < -0.4 is 5.32 Å². The van der Waals surface area contributed by atoms with Crippen molar-refractivity contribution >= 4 is 10.9 Å². The summed E-state index contributed by atoms with van der Waals surface area (Å²) in [4.78, 5) is 2.53. The molecule has 0 bridgehead atoms. The van der Waals surface area contributed by atoms with Gasteiger partial charge in [-0.3, -0.25) is 4.90 Å². The lowest BCUT2D eigenvalue weighted by molar-refractivity contribution is 0.233. The van der Waals surface area contributed by atoms with Crippen LogP contribution in [-0.2, 0) is 13.1 Å². The van der Waals surface area contributed by atoms with E-state index in [0.717, 1.165) is 39.3 Å². The quantitative estimate of drug-likeness (QED) is 0.911. The molecule has 2 heterocycles. The summed E-state index contributed by atoms with van der Waals surface area (Å²) >= 11 is 0. The number of nitrogens with zero attached hydrogens (tertiary/aromatic N) is 2. The van der Waals surface area contributed by atoms with Crippen LogP contribution in [0.1, 0.15) is 18.1 Å². The summed E-state index contributed by atoms with van der Waals surface area (Å²) in [6.07, 6.45) is 2.26. The van der Waals surface area contributed by atoms with E-state index in [0.29, 0.717) is 0 Å². The largest absolute Gasteiger partial charge is 0.347 e. The van der Waals surface area contributed by atoms with Gasteiger partial charge in [-0.2, -0.15) is 0 Å². The van der Waals surface area contributed by atoms with Crippen LogP contribution in [0.25, 0.3) is 10.9 Å². The molecule has 1 saturated heterocycles. The smallest absolute Gasteiger partial charge is 0.0483 e. The van der Waals surface area contributed by atoms with Crippen molar-refractivity contribution in [3.8, 4) is 0 Å². The number of benzene rings is 1. The van der Waals surface area contributed by atoms with Crippen LogP contribution in [0.15, 0.2) is 24.4 Å². The minimum atomic E-state index is 1.04. The molecule has 1 fully saturated rings. The molecule has 1 aliphatic heterocycles. The molecule has 1 aromatic carbocycles. The summed E-state index contributed by atoms with van der Waals surface area (Å²) < 4.78 is 2.33. The number of hydrogen-bond acceptors (Lipinski definition) is 2. The lowest BCUT2D eigenvalue weighted by atomic mass is 10.1. The first-order chi connectivity index (χ1) is 9.28. The van der Waals surface area contributed by atoms with E-state index < -0.39 is 0 Å². The van der Waals surface area contributed by atoms with Crippen LogP contribution in [-0.4, -0.2) is 35.6 Å². The van der Waals surface area contributed by atoms with E-state index in [9.17, 15) is 0 Å². The van der Waals surface area contributed by atoms with Gasteiger partial charge in [0.2, 0.25) is 0 Å². The summed E-state index contributed by atoms with van der Waals surface area (Å²) in [6, 6.07) is 6.94. The van der Waals surface area contributed by atoms with E-state index in [-0.39, 0.29) is 0 Å². The summed E-state index contributed by atoms with van der Waals surface area (Å²) in [5.74, 6) is 0. The molecule has 0 amide bonds. The first-order valence-electron chi connectivity index (χ1n) is 7.29. The highest BCUT2D eigenvalue weighted by Crippen LogP contribution is 2.23. The normalized spacial score (nSPS) is 17.2. The second-order valence-electron chi connectivity index (χ2n) is 5.48. The van der Waals surface area contributed by atoms with Gasteiger partial charge in [-0.15, -0.1) is 0 Å². The number of nitrogens with one attached hydrogen (secondary N) is 1. The van der Waals surface area contributed by atoms with Crippen LogP contribution in [0.2, 0.25) is 0 Å². The molecule has 0 radical (unpaired) electrons. The number of rotatable bonds is 3. The van der Waals surface area contributed by atoms with E-state index in [4.69, 9.17) is 0 Å². The van der Waals surface area contributed by atoms with Gasteiger partial charge >= 0.3 is 0 Å². The molecule has 2 aromatic rings. The zero-order valence-corrected chi connectivity index (χ0v) is 11.9. The Hall–Kier alpha value is -1.32. The van der Waals surface area contributed by atoms with Crippen LogP contribution in [0.3, 0.4) is 0 Å². The predicted octanol–water partition coefficient (Wildman–Crippen LogP) is 2.37.